The van der Waals surface area contributed by atoms with E-state index in [1.807, 2.05) is 6.92 Å². The van der Waals surface area contributed by atoms with Gasteiger partial charge in [0.1, 0.15) is 11.1 Å². The molecule has 0 aromatic carbocycles. The normalized spacial score (nSPS) is 22.6. The summed E-state index contributed by atoms with van der Waals surface area (Å²) in [5, 5.41) is 2.95. The summed E-state index contributed by atoms with van der Waals surface area (Å²) in [5.41, 5.74) is 0.274. The summed E-state index contributed by atoms with van der Waals surface area (Å²) in [7, 11) is 1.49. The molecule has 1 aromatic rings. The number of amides is 4. The Balaban J connectivity index is 1.72. The molecule has 29 heavy (non-hydrogen) atoms. The Labute approximate surface area is 170 Å². The molecular formula is C21H28N4O4. The predicted octanol–water partition coefficient (Wildman–Crippen LogP) is 2.22. The van der Waals surface area contributed by atoms with E-state index in [2.05, 4.69) is 16.9 Å². The van der Waals surface area contributed by atoms with Crippen molar-refractivity contribution in [2.45, 2.75) is 38.6 Å². The second-order valence-electron chi connectivity index (χ2n) is 7.73. The fourth-order valence-corrected chi connectivity index (χ4v) is 4.33. The first kappa shape index (κ1) is 20.8. The SMILES string of the molecule is C=C(C)CN1C(=O)NC(CC)(C2CCN(C(=O)c3cccnc3OC)CC2)C1=O. The Bertz CT molecular complexity index is 832. The molecule has 1 aromatic heterocycles. The van der Waals surface area contributed by atoms with E-state index in [4.69, 9.17) is 4.74 Å². The van der Waals surface area contributed by atoms with Crippen molar-refractivity contribution in [3.8, 4) is 5.88 Å². The van der Waals surface area contributed by atoms with Crippen LogP contribution in [0.25, 0.3) is 0 Å². The number of likely N-dealkylation sites (tertiary alicyclic amines) is 1. The number of aromatic nitrogens is 1. The summed E-state index contributed by atoms with van der Waals surface area (Å²) in [4.78, 5) is 45.6. The second-order valence-corrected chi connectivity index (χ2v) is 7.73. The number of carbonyl (C=O) groups excluding carboxylic acids is 3. The van der Waals surface area contributed by atoms with Crippen molar-refractivity contribution < 1.29 is 19.1 Å². The fourth-order valence-electron chi connectivity index (χ4n) is 4.33. The average molecular weight is 400 g/mol. The number of hydrogen-bond donors (Lipinski definition) is 1. The largest absolute Gasteiger partial charge is 0.480 e. The van der Waals surface area contributed by atoms with Crippen LogP contribution >= 0.6 is 0 Å². The summed E-state index contributed by atoms with van der Waals surface area (Å²) in [6.45, 7) is 8.77. The van der Waals surface area contributed by atoms with Crippen LogP contribution in [0.3, 0.4) is 0 Å². The van der Waals surface area contributed by atoms with Gasteiger partial charge in [-0.3, -0.25) is 14.5 Å². The molecule has 2 aliphatic heterocycles. The molecule has 3 rings (SSSR count). The molecule has 0 spiro atoms. The fraction of sp³-hybridized carbons (Fsp3) is 0.524. The Kier molecular flexibility index (Phi) is 5.91. The van der Waals surface area contributed by atoms with E-state index in [0.29, 0.717) is 43.8 Å². The van der Waals surface area contributed by atoms with Gasteiger partial charge in [-0.05, 0) is 44.2 Å². The highest BCUT2D eigenvalue weighted by Gasteiger charge is 2.54. The third-order valence-electron chi connectivity index (χ3n) is 5.86. The highest BCUT2D eigenvalue weighted by molar-refractivity contribution is 6.07. The number of methoxy groups -OCH3 is 1. The van der Waals surface area contributed by atoms with Crippen LogP contribution in [0.15, 0.2) is 30.5 Å². The first-order valence-electron chi connectivity index (χ1n) is 9.90. The van der Waals surface area contributed by atoms with Crippen molar-refractivity contribution in [3.63, 3.8) is 0 Å². The lowest BCUT2D eigenvalue weighted by molar-refractivity contribution is -0.133. The van der Waals surface area contributed by atoms with Gasteiger partial charge in [-0.1, -0.05) is 19.1 Å². The number of ether oxygens (including phenoxy) is 1. The van der Waals surface area contributed by atoms with Gasteiger partial charge >= 0.3 is 6.03 Å². The van der Waals surface area contributed by atoms with Crippen LogP contribution in [-0.4, -0.2) is 64.9 Å². The number of piperidine rings is 1. The number of imide groups is 1. The van der Waals surface area contributed by atoms with Gasteiger partial charge in [0.15, 0.2) is 0 Å². The molecule has 1 atom stereocenters. The van der Waals surface area contributed by atoms with Crippen molar-refractivity contribution in [1.82, 2.24) is 20.1 Å². The summed E-state index contributed by atoms with van der Waals surface area (Å²) in [6, 6.07) is 3.04. The minimum Gasteiger partial charge on any atom is -0.480 e. The van der Waals surface area contributed by atoms with E-state index < -0.39 is 5.54 Å². The van der Waals surface area contributed by atoms with Gasteiger partial charge in [0.25, 0.3) is 11.8 Å². The van der Waals surface area contributed by atoms with Gasteiger partial charge in [0, 0.05) is 19.3 Å². The van der Waals surface area contributed by atoms with Crippen LogP contribution in [0.2, 0.25) is 0 Å². The van der Waals surface area contributed by atoms with Crippen LogP contribution in [-0.2, 0) is 4.79 Å². The number of nitrogens with zero attached hydrogens (tertiary/aromatic N) is 3. The third kappa shape index (κ3) is 3.71. The highest BCUT2D eigenvalue weighted by atomic mass is 16.5. The third-order valence-corrected chi connectivity index (χ3v) is 5.86. The maximum Gasteiger partial charge on any atom is 0.325 e. The zero-order valence-corrected chi connectivity index (χ0v) is 17.2. The van der Waals surface area contributed by atoms with Crippen molar-refractivity contribution in [1.29, 1.82) is 0 Å². The predicted molar refractivity (Wildman–Crippen MR) is 107 cm³/mol. The zero-order valence-electron chi connectivity index (χ0n) is 17.2. The lowest BCUT2D eigenvalue weighted by Gasteiger charge is -2.40. The molecule has 0 aliphatic carbocycles. The zero-order chi connectivity index (χ0) is 21.2. The van der Waals surface area contributed by atoms with Crippen LogP contribution < -0.4 is 10.1 Å². The topological polar surface area (TPSA) is 91.8 Å². The summed E-state index contributed by atoms with van der Waals surface area (Å²) >= 11 is 0. The summed E-state index contributed by atoms with van der Waals surface area (Å²) in [5.74, 6) is -0.0476. The molecular weight excluding hydrogens is 372 g/mol. The van der Waals surface area contributed by atoms with Gasteiger partial charge in [-0.2, -0.15) is 0 Å². The van der Waals surface area contributed by atoms with Gasteiger partial charge in [0.2, 0.25) is 5.88 Å². The van der Waals surface area contributed by atoms with E-state index in [-0.39, 0.29) is 30.3 Å². The summed E-state index contributed by atoms with van der Waals surface area (Å²) < 4.78 is 5.20. The molecule has 0 bridgehead atoms. The lowest BCUT2D eigenvalue weighted by atomic mass is 9.75. The molecule has 2 aliphatic rings. The Morgan fingerprint density at radius 1 is 1.38 bits per heavy atom. The number of carbonyl (C=O) groups is 3. The Morgan fingerprint density at radius 3 is 2.66 bits per heavy atom. The molecule has 0 saturated carbocycles. The first-order valence-corrected chi connectivity index (χ1v) is 9.90. The Morgan fingerprint density at radius 2 is 2.07 bits per heavy atom. The van der Waals surface area contributed by atoms with Crippen molar-refractivity contribution in [2.75, 3.05) is 26.7 Å². The van der Waals surface area contributed by atoms with Crippen LogP contribution in [0.1, 0.15) is 43.5 Å². The summed E-state index contributed by atoms with van der Waals surface area (Å²) in [6.07, 6.45) is 3.36. The first-order chi connectivity index (χ1) is 13.8. The molecule has 0 radical (unpaired) electrons. The number of pyridine rings is 1. The smallest absolute Gasteiger partial charge is 0.325 e. The van der Waals surface area contributed by atoms with E-state index in [0.717, 1.165) is 5.57 Å². The lowest BCUT2D eigenvalue weighted by Crippen LogP contribution is -2.56. The molecule has 8 heteroatoms. The molecule has 8 nitrogen and oxygen atoms in total. The average Bonchev–Trinajstić information content (AvgIpc) is 2.98. The van der Waals surface area contributed by atoms with E-state index in [1.165, 1.54) is 12.0 Å². The molecule has 1 unspecified atom stereocenters. The molecule has 3 heterocycles. The van der Waals surface area contributed by atoms with Gasteiger partial charge in [-0.15, -0.1) is 0 Å². The van der Waals surface area contributed by atoms with Crippen molar-refractivity contribution in [3.05, 3.63) is 36.0 Å². The van der Waals surface area contributed by atoms with Crippen molar-refractivity contribution >= 4 is 17.8 Å². The minimum absolute atomic E-state index is 0.0288. The van der Waals surface area contributed by atoms with Crippen molar-refractivity contribution in [2.24, 2.45) is 5.92 Å². The molecule has 1 N–H and O–H groups in total. The monoisotopic (exact) mass is 400 g/mol. The van der Waals surface area contributed by atoms with Gasteiger partial charge in [-0.25, -0.2) is 9.78 Å². The molecule has 4 amide bonds. The maximum absolute atomic E-state index is 13.1. The number of urea groups is 1. The van der Waals surface area contributed by atoms with Crippen LogP contribution in [0.5, 0.6) is 5.88 Å². The molecule has 156 valence electrons. The number of nitrogens with one attached hydrogen (secondary N) is 1. The van der Waals surface area contributed by atoms with Crippen LogP contribution in [0, 0.1) is 5.92 Å². The minimum atomic E-state index is -0.909. The molecule has 2 saturated heterocycles. The van der Waals surface area contributed by atoms with E-state index >= 15 is 0 Å². The number of rotatable bonds is 6. The number of hydrogen-bond acceptors (Lipinski definition) is 5. The quantitative estimate of drug-likeness (QED) is 0.584. The van der Waals surface area contributed by atoms with E-state index in [9.17, 15) is 14.4 Å². The molecule has 2 fully saturated rings. The second kappa shape index (κ2) is 8.23. The maximum atomic E-state index is 13.1. The van der Waals surface area contributed by atoms with Gasteiger partial charge in [0.05, 0.1) is 13.7 Å². The van der Waals surface area contributed by atoms with Gasteiger partial charge < -0.3 is 15.0 Å². The van der Waals surface area contributed by atoms with E-state index in [1.54, 1.807) is 30.2 Å². The standard InChI is InChI=1S/C21H28N4O4/c1-5-21(19(27)25(13-14(2)3)20(28)23-21)15-8-11-24(12-9-15)18(26)16-7-6-10-22-17(16)29-4/h6-7,10,15H,2,5,8-9,11-13H2,1,3-4H3,(H,23,28). The van der Waals surface area contributed by atoms with Crippen LogP contribution in [0.4, 0.5) is 4.79 Å². The Hall–Kier alpha value is -2.90. The highest BCUT2D eigenvalue weighted by Crippen LogP contribution is 2.36.